The predicted octanol–water partition coefficient (Wildman–Crippen LogP) is 16.1. The van der Waals surface area contributed by atoms with Gasteiger partial charge in [-0.05, 0) is 176 Å². The van der Waals surface area contributed by atoms with Gasteiger partial charge in [0, 0.05) is 71.6 Å². The average molecular weight is 1250 g/mol. The Morgan fingerprint density at radius 1 is 0.240 bits per heavy atom. The van der Waals surface area contributed by atoms with E-state index >= 15 is 0 Å². The molecule has 0 aliphatic carbocycles. The van der Waals surface area contributed by atoms with Crippen molar-refractivity contribution in [1.29, 1.82) is 5.26 Å². The fourth-order valence-electron chi connectivity index (χ4n) is 13.0. The lowest BCUT2D eigenvalue weighted by atomic mass is 9.94. The SMILES string of the molecule is Cc1nc(C)nc(-c2ccc3c(c2)c2cc(-c4nc(C)nc(C)n4)ccc2n3-c2ccc(-c3nc(-c4ccccc4)nc(-c4ccccc4)n3)cc2-c2ccc(-c3cccc(C#N)c3)cc2-n2c3ccc(-c4nc(C)nc(C)n4)cc3c3cc(-c4nc(C)nc(C)n4)ccc32)n1. The second-order valence-electron chi connectivity index (χ2n) is 23.8. The number of aryl methyl sites for hydroxylation is 8. The van der Waals surface area contributed by atoms with Crippen LogP contribution in [0.15, 0.2) is 194 Å². The molecule has 0 radical (unpaired) electrons. The first-order chi connectivity index (χ1) is 46.7. The number of benzene rings is 9. The first-order valence-corrected chi connectivity index (χ1v) is 31.3. The largest absolute Gasteiger partial charge is 0.309 e. The molecular formula is C78H56N18. The van der Waals surface area contributed by atoms with Crippen molar-refractivity contribution in [3.8, 4) is 119 Å². The minimum absolute atomic E-state index is 0.480. The van der Waals surface area contributed by atoms with Crippen molar-refractivity contribution in [2.45, 2.75) is 55.4 Å². The van der Waals surface area contributed by atoms with E-state index in [9.17, 15) is 5.26 Å². The zero-order valence-corrected chi connectivity index (χ0v) is 53.5. The Hall–Kier alpha value is -12.9. The molecule has 0 amide bonds. The highest BCUT2D eigenvalue weighted by Crippen LogP contribution is 2.46. The summed E-state index contributed by atoms with van der Waals surface area (Å²) < 4.78 is 4.67. The van der Waals surface area contributed by atoms with Gasteiger partial charge in [0.05, 0.1) is 45.1 Å². The highest BCUT2D eigenvalue weighted by Gasteiger charge is 2.26. The molecule has 0 spiro atoms. The molecule has 0 bridgehead atoms. The lowest BCUT2D eigenvalue weighted by Crippen LogP contribution is -2.04. The Bertz CT molecular complexity index is 5560. The minimum atomic E-state index is 0.480. The molecule has 0 fully saturated rings. The number of aromatic nitrogens is 17. The van der Waals surface area contributed by atoms with Gasteiger partial charge < -0.3 is 9.13 Å². The molecule has 0 saturated carbocycles. The minimum Gasteiger partial charge on any atom is -0.309 e. The van der Waals surface area contributed by atoms with E-state index in [2.05, 4.69) is 144 Å². The summed E-state index contributed by atoms with van der Waals surface area (Å²) in [5.74, 6) is 8.82. The van der Waals surface area contributed by atoms with Crippen molar-refractivity contribution in [2.24, 2.45) is 0 Å². The lowest BCUT2D eigenvalue weighted by molar-refractivity contribution is 0.928. The van der Waals surface area contributed by atoms with E-state index in [0.29, 0.717) is 92.9 Å². The number of hydrogen-bond donors (Lipinski definition) is 0. The molecule has 16 aromatic rings. The van der Waals surface area contributed by atoms with Crippen LogP contribution in [0.5, 0.6) is 0 Å². The Morgan fingerprint density at radius 2 is 0.552 bits per heavy atom. The first-order valence-electron chi connectivity index (χ1n) is 31.3. The summed E-state index contributed by atoms with van der Waals surface area (Å²) in [7, 11) is 0. The van der Waals surface area contributed by atoms with Crippen LogP contribution in [-0.2, 0) is 0 Å². The Morgan fingerprint density at radius 3 is 0.938 bits per heavy atom. The molecule has 96 heavy (non-hydrogen) atoms. The Balaban J connectivity index is 1.03. The van der Waals surface area contributed by atoms with Crippen LogP contribution in [0.3, 0.4) is 0 Å². The lowest BCUT2D eigenvalue weighted by Gasteiger charge is -2.21. The summed E-state index contributed by atoms with van der Waals surface area (Å²) in [5, 5.41) is 14.1. The Kier molecular flexibility index (Phi) is 14.2. The van der Waals surface area contributed by atoms with Crippen LogP contribution in [0.2, 0.25) is 0 Å². The van der Waals surface area contributed by atoms with E-state index in [1.807, 2.05) is 140 Å². The van der Waals surface area contributed by atoms with Crippen LogP contribution in [0, 0.1) is 66.7 Å². The van der Waals surface area contributed by atoms with Gasteiger partial charge in [0.15, 0.2) is 40.8 Å². The smallest absolute Gasteiger partial charge is 0.164 e. The van der Waals surface area contributed by atoms with Crippen LogP contribution in [0.25, 0.3) is 157 Å². The number of rotatable bonds is 11. The summed E-state index contributed by atoms with van der Waals surface area (Å²) in [6.45, 7) is 15.1. The fraction of sp³-hybridized carbons (Fsp3) is 0.103. The molecule has 0 aliphatic heterocycles. The van der Waals surface area contributed by atoms with Crippen molar-refractivity contribution in [2.75, 3.05) is 0 Å². The molecule has 16 rings (SSSR count). The predicted molar refractivity (Wildman–Crippen MR) is 374 cm³/mol. The maximum atomic E-state index is 10.3. The van der Waals surface area contributed by atoms with Gasteiger partial charge in [-0.2, -0.15) is 5.26 Å². The Labute approximate surface area is 551 Å². The second kappa shape index (κ2) is 23.4. The number of hydrogen-bond acceptors (Lipinski definition) is 16. The van der Waals surface area contributed by atoms with Gasteiger partial charge >= 0.3 is 0 Å². The second-order valence-corrected chi connectivity index (χ2v) is 23.8. The van der Waals surface area contributed by atoms with E-state index in [1.165, 1.54) is 0 Å². The molecule has 0 N–H and O–H groups in total. The molecule has 7 heterocycles. The third kappa shape index (κ3) is 10.7. The van der Waals surface area contributed by atoms with Crippen molar-refractivity contribution in [1.82, 2.24) is 83.9 Å². The standard InChI is InChI=1S/C78H56N18/c1-42-80-43(2)85-74(84-42)55-23-30-67-62(36-55)63-37-56(75-86-44(3)81-45(4)87-75)24-31-68(63)95(67)66-29-27-59(78-93-72(51-17-11-9-12-18-51)92-73(94-78)52-19-13-10-14-20-52)35-61(66)60-28-22-54(53-21-15-16-50(34-53)41-79)40-71(60)96-69-32-25-57(76-88-46(5)82-47(6)89-76)38-64(69)65-39-58(26-33-70(65)96)77-90-48(7)83-49(8)91-77/h9-40H,1-8H3. The summed E-state index contributed by atoms with van der Waals surface area (Å²) in [6, 6.07) is 68.7. The summed E-state index contributed by atoms with van der Waals surface area (Å²) in [6.07, 6.45) is 0. The zero-order valence-electron chi connectivity index (χ0n) is 53.5. The van der Waals surface area contributed by atoms with Crippen LogP contribution in [0.4, 0.5) is 0 Å². The van der Waals surface area contributed by atoms with Crippen molar-refractivity contribution < 1.29 is 0 Å². The first kappa shape index (κ1) is 58.2. The van der Waals surface area contributed by atoms with Gasteiger partial charge in [0.2, 0.25) is 0 Å². The van der Waals surface area contributed by atoms with Crippen LogP contribution >= 0.6 is 0 Å². The average Bonchev–Trinajstić information content (AvgIpc) is 1.55. The monoisotopic (exact) mass is 1240 g/mol. The number of nitriles is 1. The molecule has 0 saturated heterocycles. The van der Waals surface area contributed by atoms with Gasteiger partial charge in [0.25, 0.3) is 0 Å². The van der Waals surface area contributed by atoms with Crippen LogP contribution in [-0.4, -0.2) is 83.9 Å². The van der Waals surface area contributed by atoms with Gasteiger partial charge in [-0.25, -0.2) is 74.8 Å². The maximum Gasteiger partial charge on any atom is 0.164 e. The maximum absolute atomic E-state index is 10.3. The highest BCUT2D eigenvalue weighted by atomic mass is 15.1. The molecule has 7 aromatic heterocycles. The molecule has 18 heteroatoms. The van der Waals surface area contributed by atoms with Crippen LogP contribution < -0.4 is 0 Å². The summed E-state index contributed by atoms with van der Waals surface area (Å²) in [5.41, 5.74) is 15.1. The third-order valence-electron chi connectivity index (χ3n) is 17.0. The molecular weight excluding hydrogens is 1190 g/mol. The van der Waals surface area contributed by atoms with E-state index in [-0.39, 0.29) is 0 Å². The van der Waals surface area contributed by atoms with Crippen molar-refractivity contribution in [3.63, 3.8) is 0 Å². The quantitative estimate of drug-likeness (QED) is 0.117. The zero-order chi connectivity index (χ0) is 65.5. The molecule has 458 valence electrons. The molecule has 18 nitrogen and oxygen atoms in total. The van der Waals surface area contributed by atoms with E-state index in [1.54, 1.807) is 0 Å². The van der Waals surface area contributed by atoms with Gasteiger partial charge in [-0.1, -0.05) is 84.9 Å². The van der Waals surface area contributed by atoms with Crippen LogP contribution in [0.1, 0.15) is 52.2 Å². The van der Waals surface area contributed by atoms with E-state index < -0.39 is 0 Å². The highest BCUT2D eigenvalue weighted by molar-refractivity contribution is 6.14. The molecule has 0 unspecified atom stereocenters. The van der Waals surface area contributed by atoms with Gasteiger partial charge in [0.1, 0.15) is 46.6 Å². The summed E-state index contributed by atoms with van der Waals surface area (Å²) >= 11 is 0. The summed E-state index contributed by atoms with van der Waals surface area (Å²) in [4.78, 5) is 72.7. The number of nitrogens with zero attached hydrogens (tertiary/aromatic N) is 18. The molecule has 9 aromatic carbocycles. The van der Waals surface area contributed by atoms with Gasteiger partial charge in [-0.3, -0.25) is 0 Å². The topological polar surface area (TPSA) is 227 Å². The molecule has 0 aliphatic rings. The van der Waals surface area contributed by atoms with Crippen molar-refractivity contribution >= 4 is 43.6 Å². The fourth-order valence-corrected chi connectivity index (χ4v) is 13.0. The third-order valence-corrected chi connectivity index (χ3v) is 17.0. The van der Waals surface area contributed by atoms with Gasteiger partial charge in [-0.15, -0.1) is 0 Å². The number of fused-ring (bicyclic) bond motifs is 6. The van der Waals surface area contributed by atoms with E-state index in [4.69, 9.17) is 54.8 Å². The van der Waals surface area contributed by atoms with E-state index in [0.717, 1.165) is 116 Å². The normalized spacial score (nSPS) is 11.5. The van der Waals surface area contributed by atoms with Crippen molar-refractivity contribution in [3.05, 3.63) is 246 Å². The molecule has 0 atom stereocenters.